The van der Waals surface area contributed by atoms with Crippen LogP contribution < -0.4 is 0 Å². The Hall–Kier alpha value is -2.82. The summed E-state index contributed by atoms with van der Waals surface area (Å²) in [6.45, 7) is 0.0557. The minimum Gasteiger partial charge on any atom is -0.504 e. The second-order valence-corrected chi connectivity index (χ2v) is 4.57. The molecule has 20 heavy (non-hydrogen) atoms. The molecule has 0 atom stereocenters. The number of amides is 2. The molecule has 3 rings (SSSR count). The van der Waals surface area contributed by atoms with E-state index in [1.807, 2.05) is 0 Å². The fourth-order valence-electron chi connectivity index (χ4n) is 2.23. The summed E-state index contributed by atoms with van der Waals surface area (Å²) in [6, 6.07) is 10.9. The molecule has 2 N–H and O–H groups in total. The van der Waals surface area contributed by atoms with E-state index in [9.17, 15) is 19.8 Å². The average molecular weight is 269 g/mol. The zero-order chi connectivity index (χ0) is 14.3. The number of imide groups is 1. The molecule has 1 aliphatic heterocycles. The highest BCUT2D eigenvalue weighted by Gasteiger charge is 2.34. The van der Waals surface area contributed by atoms with Crippen LogP contribution in [0.15, 0.2) is 42.5 Å². The predicted molar refractivity (Wildman–Crippen MR) is 70.4 cm³/mol. The van der Waals surface area contributed by atoms with Gasteiger partial charge in [0.2, 0.25) is 0 Å². The number of rotatable bonds is 2. The molecule has 2 aromatic carbocycles. The summed E-state index contributed by atoms with van der Waals surface area (Å²) in [4.78, 5) is 25.4. The van der Waals surface area contributed by atoms with E-state index in [0.29, 0.717) is 16.7 Å². The number of carbonyl (C=O) groups is 2. The molecule has 100 valence electrons. The average Bonchev–Trinajstić information content (AvgIpc) is 2.69. The van der Waals surface area contributed by atoms with Crippen LogP contribution in [0.2, 0.25) is 0 Å². The highest BCUT2D eigenvalue weighted by Crippen LogP contribution is 2.28. The maximum absolute atomic E-state index is 12.2. The van der Waals surface area contributed by atoms with Crippen LogP contribution in [0.5, 0.6) is 11.5 Å². The van der Waals surface area contributed by atoms with Crippen molar-refractivity contribution in [3.05, 3.63) is 59.2 Å². The van der Waals surface area contributed by atoms with Crippen LogP contribution in [-0.2, 0) is 6.54 Å². The van der Waals surface area contributed by atoms with E-state index in [-0.39, 0.29) is 29.9 Å². The van der Waals surface area contributed by atoms with E-state index in [2.05, 4.69) is 0 Å². The van der Waals surface area contributed by atoms with Crippen molar-refractivity contribution < 1.29 is 19.8 Å². The molecule has 1 aliphatic rings. The van der Waals surface area contributed by atoms with Crippen LogP contribution >= 0.6 is 0 Å². The van der Waals surface area contributed by atoms with E-state index in [4.69, 9.17) is 0 Å². The third-order valence-electron chi connectivity index (χ3n) is 3.26. The van der Waals surface area contributed by atoms with Gasteiger partial charge in [-0.25, -0.2) is 0 Å². The summed E-state index contributed by atoms with van der Waals surface area (Å²) < 4.78 is 0. The molecule has 5 nitrogen and oxygen atoms in total. The molecule has 5 heteroatoms. The first-order chi connectivity index (χ1) is 9.58. The quantitative estimate of drug-likeness (QED) is 0.644. The Bertz CT molecular complexity index is 689. The number of hydrogen-bond acceptors (Lipinski definition) is 4. The largest absolute Gasteiger partial charge is 0.504 e. The molecule has 0 aliphatic carbocycles. The molecule has 0 spiro atoms. The lowest BCUT2D eigenvalue weighted by atomic mass is 10.1. The Balaban J connectivity index is 1.91. The molecule has 0 aromatic heterocycles. The van der Waals surface area contributed by atoms with Crippen LogP contribution in [0.4, 0.5) is 0 Å². The van der Waals surface area contributed by atoms with Gasteiger partial charge in [0.15, 0.2) is 11.5 Å². The molecule has 2 amide bonds. The first kappa shape index (κ1) is 12.2. The van der Waals surface area contributed by atoms with Gasteiger partial charge in [-0.1, -0.05) is 18.2 Å². The van der Waals surface area contributed by atoms with E-state index in [1.165, 1.54) is 12.1 Å². The number of aromatic hydroxyl groups is 2. The Labute approximate surface area is 114 Å². The molecular weight excluding hydrogens is 258 g/mol. The molecule has 0 saturated carbocycles. The normalized spacial score (nSPS) is 13.7. The third kappa shape index (κ3) is 1.80. The molecule has 0 unspecified atom stereocenters. The minimum absolute atomic E-state index is 0.0557. The van der Waals surface area contributed by atoms with Gasteiger partial charge in [0.25, 0.3) is 11.8 Å². The van der Waals surface area contributed by atoms with Crippen molar-refractivity contribution in [2.24, 2.45) is 0 Å². The summed E-state index contributed by atoms with van der Waals surface area (Å²) >= 11 is 0. The number of hydrogen-bond donors (Lipinski definition) is 2. The van der Waals surface area contributed by atoms with Gasteiger partial charge >= 0.3 is 0 Å². The predicted octanol–water partition coefficient (Wildman–Crippen LogP) is 1.89. The number of phenolic OH excluding ortho intramolecular Hbond substituents is 2. The maximum atomic E-state index is 12.2. The Kier molecular flexibility index (Phi) is 2.68. The lowest BCUT2D eigenvalue weighted by molar-refractivity contribution is 0.0642. The van der Waals surface area contributed by atoms with Gasteiger partial charge < -0.3 is 10.2 Å². The van der Waals surface area contributed by atoms with E-state index in [1.54, 1.807) is 30.3 Å². The first-order valence-corrected chi connectivity index (χ1v) is 6.04. The summed E-state index contributed by atoms with van der Waals surface area (Å²) in [5.41, 5.74) is 1.34. The summed E-state index contributed by atoms with van der Waals surface area (Å²) in [5, 5.41) is 18.7. The van der Waals surface area contributed by atoms with Crippen molar-refractivity contribution in [3.63, 3.8) is 0 Å². The van der Waals surface area contributed by atoms with Crippen LogP contribution in [0.25, 0.3) is 0 Å². The van der Waals surface area contributed by atoms with Gasteiger partial charge in [0.1, 0.15) is 0 Å². The Morgan fingerprint density at radius 2 is 1.45 bits per heavy atom. The van der Waals surface area contributed by atoms with Crippen molar-refractivity contribution in [1.82, 2.24) is 4.90 Å². The number of benzene rings is 2. The van der Waals surface area contributed by atoms with Gasteiger partial charge in [0, 0.05) is 0 Å². The van der Waals surface area contributed by atoms with Crippen LogP contribution in [0.1, 0.15) is 26.3 Å². The fraction of sp³-hybridized carbons (Fsp3) is 0.0667. The first-order valence-electron chi connectivity index (χ1n) is 6.04. The van der Waals surface area contributed by atoms with Crippen molar-refractivity contribution in [2.75, 3.05) is 0 Å². The zero-order valence-electron chi connectivity index (χ0n) is 10.4. The molecule has 2 aromatic rings. The van der Waals surface area contributed by atoms with Gasteiger partial charge in [-0.15, -0.1) is 0 Å². The molecule has 0 radical (unpaired) electrons. The van der Waals surface area contributed by atoms with Gasteiger partial charge in [-0.05, 0) is 29.8 Å². The maximum Gasteiger partial charge on any atom is 0.261 e. The highest BCUT2D eigenvalue weighted by molar-refractivity contribution is 6.21. The number of fused-ring (bicyclic) bond motifs is 1. The Morgan fingerprint density at radius 3 is 2.00 bits per heavy atom. The van der Waals surface area contributed by atoms with Crippen molar-refractivity contribution in [1.29, 1.82) is 0 Å². The van der Waals surface area contributed by atoms with Crippen molar-refractivity contribution in [2.45, 2.75) is 6.54 Å². The fourth-order valence-corrected chi connectivity index (χ4v) is 2.23. The molecular formula is C15H11NO4. The summed E-state index contributed by atoms with van der Waals surface area (Å²) in [5.74, 6) is -1.22. The van der Waals surface area contributed by atoms with Crippen LogP contribution in [0, 0.1) is 0 Å². The molecule has 1 heterocycles. The van der Waals surface area contributed by atoms with E-state index in [0.717, 1.165) is 4.90 Å². The van der Waals surface area contributed by atoms with Crippen LogP contribution in [0.3, 0.4) is 0 Å². The lowest BCUT2D eigenvalue weighted by Crippen LogP contribution is -2.29. The van der Waals surface area contributed by atoms with Gasteiger partial charge in [-0.2, -0.15) is 0 Å². The second-order valence-electron chi connectivity index (χ2n) is 4.57. The monoisotopic (exact) mass is 269 g/mol. The summed E-state index contributed by atoms with van der Waals surface area (Å²) in [7, 11) is 0. The third-order valence-corrected chi connectivity index (χ3v) is 3.26. The minimum atomic E-state index is -0.349. The van der Waals surface area contributed by atoms with Crippen LogP contribution in [-0.4, -0.2) is 26.9 Å². The summed E-state index contributed by atoms with van der Waals surface area (Å²) in [6.07, 6.45) is 0. The zero-order valence-corrected chi connectivity index (χ0v) is 10.4. The molecule has 0 fully saturated rings. The van der Waals surface area contributed by atoms with E-state index < -0.39 is 0 Å². The van der Waals surface area contributed by atoms with Crippen molar-refractivity contribution in [3.8, 4) is 11.5 Å². The van der Waals surface area contributed by atoms with Gasteiger partial charge in [0.05, 0.1) is 17.7 Å². The number of carbonyl (C=O) groups excluding carboxylic acids is 2. The number of phenols is 2. The molecule has 0 saturated heterocycles. The highest BCUT2D eigenvalue weighted by atomic mass is 16.3. The topological polar surface area (TPSA) is 77.8 Å². The number of nitrogens with zero attached hydrogens (tertiary/aromatic N) is 1. The second kappa shape index (κ2) is 4.38. The smallest absolute Gasteiger partial charge is 0.261 e. The van der Waals surface area contributed by atoms with Crippen molar-refractivity contribution >= 4 is 11.8 Å². The lowest BCUT2D eigenvalue weighted by Gasteiger charge is -2.14. The standard InChI is InChI=1S/C15H11NO4/c17-12-6-5-9(7-13(12)18)8-16-14(19)10-3-1-2-4-11(10)15(16)20/h1-7,17-18H,8H2. The molecule has 0 bridgehead atoms. The Morgan fingerprint density at radius 1 is 0.850 bits per heavy atom. The van der Waals surface area contributed by atoms with E-state index >= 15 is 0 Å². The van der Waals surface area contributed by atoms with Gasteiger partial charge in [-0.3, -0.25) is 14.5 Å². The SMILES string of the molecule is O=C1c2ccccc2C(=O)N1Cc1ccc(O)c(O)c1.